The van der Waals surface area contributed by atoms with E-state index in [0.717, 1.165) is 4.57 Å². The minimum atomic E-state index is -0.596. The molecule has 0 atom stereocenters. The average Bonchev–Trinajstić information content (AvgIpc) is 2.99. The van der Waals surface area contributed by atoms with Crippen LogP contribution in [0.15, 0.2) is 40.2 Å². The van der Waals surface area contributed by atoms with E-state index in [1.54, 1.807) is 38.4 Å². The van der Waals surface area contributed by atoms with Crippen molar-refractivity contribution in [2.45, 2.75) is 6.54 Å². The van der Waals surface area contributed by atoms with Gasteiger partial charge in [0.15, 0.2) is 11.2 Å². The second-order valence-corrected chi connectivity index (χ2v) is 5.54. The maximum absolute atomic E-state index is 12.5. The molecule has 0 saturated heterocycles. The topological polar surface area (TPSA) is 100 Å². The number of aryl methyl sites for hydroxylation is 2. The summed E-state index contributed by atoms with van der Waals surface area (Å²) >= 11 is 0. The lowest BCUT2D eigenvalue weighted by atomic mass is 10.3. The van der Waals surface area contributed by atoms with Gasteiger partial charge in [-0.1, -0.05) is 0 Å². The molecule has 9 nitrogen and oxygen atoms in total. The molecule has 0 radical (unpaired) electrons. The molecule has 0 saturated carbocycles. The van der Waals surface area contributed by atoms with Gasteiger partial charge in [0, 0.05) is 19.8 Å². The number of hydrogen-bond donors (Lipinski definition) is 1. The van der Waals surface area contributed by atoms with Crippen LogP contribution in [0.25, 0.3) is 11.2 Å². The molecule has 25 heavy (non-hydrogen) atoms. The molecule has 3 aromatic rings. The number of imidazole rings is 1. The Bertz CT molecular complexity index is 1060. The van der Waals surface area contributed by atoms with Gasteiger partial charge >= 0.3 is 5.69 Å². The molecule has 2 heterocycles. The highest BCUT2D eigenvalue weighted by Gasteiger charge is 2.17. The maximum atomic E-state index is 12.5. The summed E-state index contributed by atoms with van der Waals surface area (Å²) in [7, 11) is 4.71. The Balaban J connectivity index is 1.92. The van der Waals surface area contributed by atoms with Crippen molar-refractivity contribution in [1.29, 1.82) is 0 Å². The molecule has 2 aromatic heterocycles. The Labute approximate surface area is 142 Å². The first-order valence-corrected chi connectivity index (χ1v) is 7.47. The van der Waals surface area contributed by atoms with Crippen molar-refractivity contribution in [3.8, 4) is 5.75 Å². The molecule has 1 N–H and O–H groups in total. The van der Waals surface area contributed by atoms with E-state index in [1.807, 2.05) is 0 Å². The quantitative estimate of drug-likeness (QED) is 0.723. The van der Waals surface area contributed by atoms with Crippen LogP contribution in [0.5, 0.6) is 5.75 Å². The number of carbonyl (C=O) groups is 1. The molecule has 0 aliphatic rings. The van der Waals surface area contributed by atoms with Crippen LogP contribution in [0.3, 0.4) is 0 Å². The highest BCUT2D eigenvalue weighted by atomic mass is 16.5. The SMILES string of the molecule is COc1ccc(NC(=O)Cn2c(=O)c3c(ncn3C)n(C)c2=O)cc1. The van der Waals surface area contributed by atoms with Gasteiger partial charge in [0.1, 0.15) is 12.3 Å². The molecule has 9 heteroatoms. The summed E-state index contributed by atoms with van der Waals surface area (Å²) < 4.78 is 8.71. The molecule has 0 unspecified atom stereocenters. The summed E-state index contributed by atoms with van der Waals surface area (Å²) in [6.07, 6.45) is 1.45. The van der Waals surface area contributed by atoms with Crippen molar-refractivity contribution in [2.24, 2.45) is 14.1 Å². The fraction of sp³-hybridized carbons (Fsp3) is 0.250. The molecule has 1 amide bonds. The number of nitrogens with one attached hydrogen (secondary N) is 1. The average molecular weight is 343 g/mol. The van der Waals surface area contributed by atoms with Crippen molar-refractivity contribution >= 4 is 22.8 Å². The summed E-state index contributed by atoms with van der Waals surface area (Å²) in [6.45, 7) is -0.390. The standard InChI is InChI=1S/C16H17N5O4/c1-19-9-17-14-13(19)15(23)21(16(24)20(14)2)8-12(22)18-10-4-6-11(25-3)7-5-10/h4-7,9H,8H2,1-3H3,(H,18,22). The molecule has 0 aliphatic heterocycles. The monoisotopic (exact) mass is 343 g/mol. The van der Waals surface area contributed by atoms with Gasteiger partial charge in [-0.2, -0.15) is 0 Å². The molecule has 3 rings (SSSR count). The van der Waals surface area contributed by atoms with Crippen molar-refractivity contribution in [2.75, 3.05) is 12.4 Å². The zero-order valence-corrected chi connectivity index (χ0v) is 14.0. The molecule has 1 aromatic carbocycles. The van der Waals surface area contributed by atoms with E-state index in [0.29, 0.717) is 11.4 Å². The summed E-state index contributed by atoms with van der Waals surface area (Å²) in [6, 6.07) is 6.73. The molecule has 0 fully saturated rings. The van der Waals surface area contributed by atoms with E-state index in [1.165, 1.54) is 22.5 Å². The highest BCUT2D eigenvalue weighted by molar-refractivity contribution is 5.90. The van der Waals surface area contributed by atoms with Crippen LogP contribution in [-0.4, -0.2) is 31.7 Å². The smallest absolute Gasteiger partial charge is 0.332 e. The Morgan fingerprint density at radius 3 is 2.52 bits per heavy atom. The first-order chi connectivity index (χ1) is 11.9. The number of fused-ring (bicyclic) bond motifs is 1. The van der Waals surface area contributed by atoms with Crippen LogP contribution in [0.4, 0.5) is 5.69 Å². The summed E-state index contributed by atoms with van der Waals surface area (Å²) in [5, 5.41) is 2.65. The zero-order valence-electron chi connectivity index (χ0n) is 14.0. The van der Waals surface area contributed by atoms with Crippen LogP contribution in [0.2, 0.25) is 0 Å². The molecule has 0 spiro atoms. The first-order valence-electron chi connectivity index (χ1n) is 7.47. The minimum Gasteiger partial charge on any atom is -0.497 e. The Hall–Kier alpha value is -3.36. The second kappa shape index (κ2) is 6.27. The third-order valence-electron chi connectivity index (χ3n) is 3.88. The van der Waals surface area contributed by atoms with Crippen LogP contribution in [0.1, 0.15) is 0 Å². The number of ether oxygens (including phenoxy) is 1. The van der Waals surface area contributed by atoms with Crippen molar-refractivity contribution in [1.82, 2.24) is 18.7 Å². The van der Waals surface area contributed by atoms with Crippen molar-refractivity contribution < 1.29 is 9.53 Å². The molecule has 0 bridgehead atoms. The maximum Gasteiger partial charge on any atom is 0.332 e. The van der Waals surface area contributed by atoms with Gasteiger partial charge in [0.2, 0.25) is 5.91 Å². The van der Waals surface area contributed by atoms with Crippen LogP contribution in [0, 0.1) is 0 Å². The summed E-state index contributed by atoms with van der Waals surface area (Å²) in [5.74, 6) is 0.177. The van der Waals surface area contributed by atoms with Gasteiger partial charge in [-0.25, -0.2) is 14.3 Å². The number of nitrogens with zero attached hydrogens (tertiary/aromatic N) is 4. The van der Waals surface area contributed by atoms with Crippen molar-refractivity contribution in [3.05, 3.63) is 51.4 Å². The lowest BCUT2D eigenvalue weighted by Gasteiger charge is -2.09. The molecular weight excluding hydrogens is 326 g/mol. The lowest BCUT2D eigenvalue weighted by molar-refractivity contribution is -0.116. The van der Waals surface area contributed by atoms with E-state index in [4.69, 9.17) is 4.74 Å². The van der Waals surface area contributed by atoms with Gasteiger partial charge in [0.05, 0.1) is 13.4 Å². The van der Waals surface area contributed by atoms with Crippen molar-refractivity contribution in [3.63, 3.8) is 0 Å². The zero-order chi connectivity index (χ0) is 18.1. The van der Waals surface area contributed by atoms with Crippen LogP contribution in [-0.2, 0) is 25.4 Å². The normalized spacial score (nSPS) is 10.8. The molecule has 0 aliphatic carbocycles. The number of benzene rings is 1. The molecular formula is C16H17N5O4. The number of amides is 1. The van der Waals surface area contributed by atoms with Gasteiger partial charge in [0.25, 0.3) is 5.56 Å². The fourth-order valence-corrected chi connectivity index (χ4v) is 2.55. The Morgan fingerprint density at radius 2 is 1.88 bits per heavy atom. The predicted molar refractivity (Wildman–Crippen MR) is 91.8 cm³/mol. The fourth-order valence-electron chi connectivity index (χ4n) is 2.55. The van der Waals surface area contributed by atoms with E-state index >= 15 is 0 Å². The number of carbonyl (C=O) groups excluding carboxylic acids is 1. The second-order valence-electron chi connectivity index (χ2n) is 5.54. The van der Waals surface area contributed by atoms with E-state index in [-0.39, 0.29) is 11.2 Å². The van der Waals surface area contributed by atoms with Crippen LogP contribution >= 0.6 is 0 Å². The number of rotatable bonds is 4. The van der Waals surface area contributed by atoms with Gasteiger partial charge in [-0.05, 0) is 24.3 Å². The number of anilines is 1. The van der Waals surface area contributed by atoms with E-state index < -0.39 is 23.7 Å². The number of hydrogen-bond acceptors (Lipinski definition) is 5. The number of aromatic nitrogens is 4. The number of methoxy groups -OCH3 is 1. The van der Waals surface area contributed by atoms with Crippen LogP contribution < -0.4 is 21.3 Å². The third-order valence-corrected chi connectivity index (χ3v) is 3.88. The van der Waals surface area contributed by atoms with Gasteiger partial charge < -0.3 is 14.6 Å². The Morgan fingerprint density at radius 1 is 1.20 bits per heavy atom. The highest BCUT2D eigenvalue weighted by Crippen LogP contribution is 2.14. The van der Waals surface area contributed by atoms with Gasteiger partial charge in [-0.15, -0.1) is 0 Å². The minimum absolute atomic E-state index is 0.263. The largest absolute Gasteiger partial charge is 0.497 e. The summed E-state index contributed by atoms with van der Waals surface area (Å²) in [4.78, 5) is 41.2. The third kappa shape index (κ3) is 2.91. The predicted octanol–water partition coefficient (Wildman–Crippen LogP) is 0.0810. The van der Waals surface area contributed by atoms with Gasteiger partial charge in [-0.3, -0.25) is 14.2 Å². The van der Waals surface area contributed by atoms with E-state index in [2.05, 4.69) is 10.3 Å². The first kappa shape index (κ1) is 16.5. The molecule has 130 valence electrons. The van der Waals surface area contributed by atoms with E-state index in [9.17, 15) is 14.4 Å². The Kier molecular flexibility index (Phi) is 4.14. The summed E-state index contributed by atoms with van der Waals surface area (Å²) in [5.41, 5.74) is -0.0648. The lowest BCUT2D eigenvalue weighted by Crippen LogP contribution is -2.42.